The molecule has 1 amide bonds. The SMILES string of the molecule is COc1cc(I)c(Cl)cc1C(=O)N1CC(C)OC(c2ccccc2)C1. The molecule has 1 heterocycles. The molecule has 2 aromatic carbocycles. The van der Waals surface area contributed by atoms with Gasteiger partial charge in [-0.3, -0.25) is 4.79 Å². The molecular formula is C19H19ClINO3. The summed E-state index contributed by atoms with van der Waals surface area (Å²) in [6.45, 7) is 3.02. The largest absolute Gasteiger partial charge is 0.496 e. The zero-order valence-electron chi connectivity index (χ0n) is 14.0. The zero-order valence-corrected chi connectivity index (χ0v) is 17.0. The van der Waals surface area contributed by atoms with Gasteiger partial charge in [-0.15, -0.1) is 0 Å². The van der Waals surface area contributed by atoms with E-state index in [4.69, 9.17) is 21.1 Å². The van der Waals surface area contributed by atoms with E-state index in [0.29, 0.717) is 29.4 Å². The minimum atomic E-state index is -0.140. The van der Waals surface area contributed by atoms with Gasteiger partial charge in [0.15, 0.2) is 0 Å². The molecule has 0 saturated carbocycles. The molecule has 0 spiro atoms. The quantitative estimate of drug-likeness (QED) is 0.616. The number of carbonyl (C=O) groups excluding carboxylic acids is 1. The summed E-state index contributed by atoms with van der Waals surface area (Å²) in [7, 11) is 1.56. The lowest BCUT2D eigenvalue weighted by molar-refractivity contribution is -0.0692. The van der Waals surface area contributed by atoms with Gasteiger partial charge >= 0.3 is 0 Å². The lowest BCUT2D eigenvalue weighted by Crippen LogP contribution is -2.46. The fourth-order valence-electron chi connectivity index (χ4n) is 3.00. The van der Waals surface area contributed by atoms with E-state index >= 15 is 0 Å². The number of benzene rings is 2. The molecule has 1 aliphatic rings. The molecule has 0 aromatic heterocycles. The van der Waals surface area contributed by atoms with Crippen LogP contribution >= 0.6 is 34.2 Å². The summed E-state index contributed by atoms with van der Waals surface area (Å²) in [6.07, 6.45) is -0.188. The molecular weight excluding hydrogens is 453 g/mol. The number of morpholine rings is 1. The first-order valence-electron chi connectivity index (χ1n) is 8.02. The number of nitrogens with zero attached hydrogens (tertiary/aromatic N) is 1. The molecule has 4 nitrogen and oxygen atoms in total. The van der Waals surface area contributed by atoms with Crippen LogP contribution in [0.15, 0.2) is 42.5 Å². The molecule has 3 rings (SSSR count). The summed E-state index contributed by atoms with van der Waals surface area (Å²) >= 11 is 8.35. The maximum absolute atomic E-state index is 13.1. The molecule has 2 atom stereocenters. The van der Waals surface area contributed by atoms with Crippen LogP contribution in [-0.4, -0.2) is 37.1 Å². The van der Waals surface area contributed by atoms with Crippen molar-refractivity contribution in [3.63, 3.8) is 0 Å². The Balaban J connectivity index is 1.88. The second-order valence-electron chi connectivity index (χ2n) is 6.02. The summed E-state index contributed by atoms with van der Waals surface area (Å²) in [5.74, 6) is 0.445. The van der Waals surface area contributed by atoms with Crippen LogP contribution in [-0.2, 0) is 4.74 Å². The van der Waals surface area contributed by atoms with Crippen LogP contribution in [0.4, 0.5) is 0 Å². The predicted octanol–water partition coefficient (Wildman–Crippen LogP) is 4.56. The van der Waals surface area contributed by atoms with Crippen molar-refractivity contribution < 1.29 is 14.3 Å². The minimum absolute atomic E-state index is 0.0479. The Morgan fingerprint density at radius 3 is 2.68 bits per heavy atom. The third-order valence-electron chi connectivity index (χ3n) is 4.19. The van der Waals surface area contributed by atoms with E-state index in [1.54, 1.807) is 19.2 Å². The summed E-state index contributed by atoms with van der Waals surface area (Å²) in [4.78, 5) is 14.9. The molecule has 0 N–H and O–H groups in total. The van der Waals surface area contributed by atoms with E-state index in [9.17, 15) is 4.79 Å². The van der Waals surface area contributed by atoms with Crippen LogP contribution < -0.4 is 4.74 Å². The Bertz CT molecular complexity index is 769. The second-order valence-corrected chi connectivity index (χ2v) is 7.59. The van der Waals surface area contributed by atoms with Crippen LogP contribution in [0.5, 0.6) is 5.75 Å². The molecule has 2 unspecified atom stereocenters. The molecule has 1 saturated heterocycles. The van der Waals surface area contributed by atoms with E-state index < -0.39 is 0 Å². The van der Waals surface area contributed by atoms with E-state index in [2.05, 4.69) is 22.6 Å². The average Bonchev–Trinajstić information content (AvgIpc) is 2.63. The third-order valence-corrected chi connectivity index (χ3v) is 5.72. The first-order valence-corrected chi connectivity index (χ1v) is 9.48. The fraction of sp³-hybridized carbons (Fsp3) is 0.316. The number of ether oxygens (including phenoxy) is 2. The van der Waals surface area contributed by atoms with Gasteiger partial charge in [0.1, 0.15) is 11.9 Å². The van der Waals surface area contributed by atoms with E-state index in [1.807, 2.05) is 42.2 Å². The number of carbonyl (C=O) groups is 1. The van der Waals surface area contributed by atoms with Crippen molar-refractivity contribution in [1.82, 2.24) is 4.90 Å². The Labute approximate surface area is 166 Å². The van der Waals surface area contributed by atoms with Crippen LogP contribution in [0.3, 0.4) is 0 Å². The highest BCUT2D eigenvalue weighted by Gasteiger charge is 2.31. The Morgan fingerprint density at radius 2 is 2.00 bits per heavy atom. The highest BCUT2D eigenvalue weighted by Crippen LogP contribution is 2.31. The number of halogens is 2. The Kier molecular flexibility index (Phi) is 5.86. The lowest BCUT2D eigenvalue weighted by Gasteiger charge is -2.37. The van der Waals surface area contributed by atoms with Crippen LogP contribution in [0.1, 0.15) is 28.9 Å². The standard InChI is InChI=1S/C19H19ClINO3/c1-12-10-22(11-18(25-12)13-6-4-3-5-7-13)19(23)14-8-15(20)16(21)9-17(14)24-2/h3-9,12,18H,10-11H2,1-2H3. The number of rotatable bonds is 3. The number of methoxy groups -OCH3 is 1. The summed E-state index contributed by atoms with van der Waals surface area (Å²) in [5.41, 5.74) is 1.55. The van der Waals surface area contributed by atoms with Gasteiger partial charge in [0.2, 0.25) is 0 Å². The predicted molar refractivity (Wildman–Crippen MR) is 106 cm³/mol. The number of hydrogen-bond acceptors (Lipinski definition) is 3. The minimum Gasteiger partial charge on any atom is -0.496 e. The number of amides is 1. The lowest BCUT2D eigenvalue weighted by atomic mass is 10.1. The highest BCUT2D eigenvalue weighted by molar-refractivity contribution is 14.1. The van der Waals surface area contributed by atoms with Crippen molar-refractivity contribution in [3.8, 4) is 5.75 Å². The molecule has 1 aliphatic heterocycles. The van der Waals surface area contributed by atoms with Gasteiger partial charge in [-0.25, -0.2) is 0 Å². The van der Waals surface area contributed by atoms with Crippen molar-refractivity contribution in [3.05, 3.63) is 62.2 Å². The summed E-state index contributed by atoms with van der Waals surface area (Å²) in [5, 5.41) is 0.547. The summed E-state index contributed by atoms with van der Waals surface area (Å²) in [6, 6.07) is 13.4. The third kappa shape index (κ3) is 4.10. The molecule has 132 valence electrons. The van der Waals surface area contributed by atoms with E-state index in [1.165, 1.54) is 0 Å². The van der Waals surface area contributed by atoms with Gasteiger partial charge in [-0.2, -0.15) is 0 Å². The average molecular weight is 472 g/mol. The van der Waals surface area contributed by atoms with Gasteiger partial charge in [-0.05, 0) is 47.2 Å². The van der Waals surface area contributed by atoms with Crippen LogP contribution in [0.2, 0.25) is 5.02 Å². The van der Waals surface area contributed by atoms with Gasteiger partial charge in [0.05, 0.1) is 30.3 Å². The van der Waals surface area contributed by atoms with Crippen molar-refractivity contribution in [1.29, 1.82) is 0 Å². The molecule has 2 aromatic rings. The van der Waals surface area contributed by atoms with E-state index in [0.717, 1.165) is 9.13 Å². The molecule has 0 radical (unpaired) electrons. The van der Waals surface area contributed by atoms with Crippen molar-refractivity contribution in [2.45, 2.75) is 19.1 Å². The zero-order chi connectivity index (χ0) is 18.0. The van der Waals surface area contributed by atoms with Crippen molar-refractivity contribution in [2.75, 3.05) is 20.2 Å². The normalized spacial score (nSPS) is 20.4. The van der Waals surface area contributed by atoms with Gasteiger partial charge in [-0.1, -0.05) is 41.9 Å². The van der Waals surface area contributed by atoms with Crippen LogP contribution in [0.25, 0.3) is 0 Å². The molecule has 1 fully saturated rings. The molecule has 0 aliphatic carbocycles. The van der Waals surface area contributed by atoms with Crippen molar-refractivity contribution >= 4 is 40.1 Å². The second kappa shape index (κ2) is 7.93. The monoisotopic (exact) mass is 471 g/mol. The summed E-state index contributed by atoms with van der Waals surface area (Å²) < 4.78 is 12.3. The topological polar surface area (TPSA) is 38.8 Å². The highest BCUT2D eigenvalue weighted by atomic mass is 127. The Morgan fingerprint density at radius 1 is 1.28 bits per heavy atom. The molecule has 0 bridgehead atoms. The number of hydrogen-bond donors (Lipinski definition) is 0. The van der Waals surface area contributed by atoms with E-state index in [-0.39, 0.29) is 18.1 Å². The maximum atomic E-state index is 13.1. The van der Waals surface area contributed by atoms with Crippen LogP contribution in [0, 0.1) is 3.57 Å². The van der Waals surface area contributed by atoms with Gasteiger partial charge < -0.3 is 14.4 Å². The Hall–Kier alpha value is -1.31. The maximum Gasteiger partial charge on any atom is 0.257 e. The first kappa shape index (κ1) is 18.5. The first-order chi connectivity index (χ1) is 12.0. The molecule has 25 heavy (non-hydrogen) atoms. The molecule has 6 heteroatoms. The smallest absolute Gasteiger partial charge is 0.257 e. The van der Waals surface area contributed by atoms with Gasteiger partial charge in [0.25, 0.3) is 5.91 Å². The fourth-order valence-corrected chi connectivity index (χ4v) is 3.61. The van der Waals surface area contributed by atoms with Crippen molar-refractivity contribution in [2.24, 2.45) is 0 Å². The van der Waals surface area contributed by atoms with Gasteiger partial charge in [0, 0.05) is 10.1 Å².